The Morgan fingerprint density at radius 1 is 1.53 bits per heavy atom. The van der Waals surface area contributed by atoms with Gasteiger partial charge in [-0.3, -0.25) is 4.79 Å². The third kappa shape index (κ3) is 3.47. The summed E-state index contributed by atoms with van der Waals surface area (Å²) in [5.41, 5.74) is 0.541. The molecule has 0 unspecified atom stereocenters. The maximum absolute atomic E-state index is 12.1. The summed E-state index contributed by atoms with van der Waals surface area (Å²) in [6, 6.07) is 3.69. The number of aromatic nitrogens is 2. The molecule has 0 amide bonds. The van der Waals surface area contributed by atoms with Crippen LogP contribution >= 0.6 is 15.9 Å². The van der Waals surface area contributed by atoms with Crippen LogP contribution in [0.25, 0.3) is 0 Å². The molecule has 0 atom stereocenters. The first-order valence-electron chi connectivity index (χ1n) is 6.10. The molecule has 2 heterocycles. The Bertz CT molecular complexity index is 590. The smallest absolute Gasteiger partial charge is 0.283 e. The van der Waals surface area contributed by atoms with E-state index in [0.717, 1.165) is 5.76 Å². The van der Waals surface area contributed by atoms with Gasteiger partial charge >= 0.3 is 0 Å². The van der Waals surface area contributed by atoms with Gasteiger partial charge in [0.1, 0.15) is 10.2 Å². The lowest BCUT2D eigenvalue weighted by molar-refractivity contribution is 0.462. The molecule has 0 bridgehead atoms. The Labute approximate surface area is 119 Å². The average molecular weight is 326 g/mol. The van der Waals surface area contributed by atoms with Gasteiger partial charge in [-0.15, -0.1) is 0 Å². The van der Waals surface area contributed by atoms with Crippen molar-refractivity contribution in [1.82, 2.24) is 9.78 Å². The molecule has 0 aliphatic heterocycles. The highest BCUT2D eigenvalue weighted by atomic mass is 79.9. The molecule has 0 fully saturated rings. The Hall–Kier alpha value is -1.56. The molecule has 0 aromatic carbocycles. The van der Waals surface area contributed by atoms with Crippen molar-refractivity contribution < 1.29 is 4.42 Å². The van der Waals surface area contributed by atoms with E-state index in [4.69, 9.17) is 4.42 Å². The van der Waals surface area contributed by atoms with Crippen LogP contribution in [0.1, 0.15) is 19.6 Å². The number of anilines is 1. The summed E-state index contributed by atoms with van der Waals surface area (Å²) in [4.78, 5) is 12.1. The highest BCUT2D eigenvalue weighted by molar-refractivity contribution is 9.10. The van der Waals surface area contributed by atoms with Gasteiger partial charge in [0.25, 0.3) is 5.56 Å². The van der Waals surface area contributed by atoms with E-state index >= 15 is 0 Å². The van der Waals surface area contributed by atoms with Gasteiger partial charge in [0.2, 0.25) is 0 Å². The van der Waals surface area contributed by atoms with Gasteiger partial charge in [-0.2, -0.15) is 5.10 Å². The number of nitrogens with one attached hydrogen (secondary N) is 1. The highest BCUT2D eigenvalue weighted by Gasteiger charge is 2.09. The van der Waals surface area contributed by atoms with Gasteiger partial charge in [-0.1, -0.05) is 13.8 Å². The molecule has 0 aliphatic carbocycles. The Morgan fingerprint density at radius 3 is 2.95 bits per heavy atom. The van der Waals surface area contributed by atoms with E-state index in [1.807, 2.05) is 26.0 Å². The fourth-order valence-corrected chi connectivity index (χ4v) is 2.11. The third-order valence-corrected chi connectivity index (χ3v) is 3.32. The van der Waals surface area contributed by atoms with Crippen LogP contribution in [-0.4, -0.2) is 9.78 Å². The quantitative estimate of drug-likeness (QED) is 0.918. The van der Waals surface area contributed by atoms with Crippen molar-refractivity contribution in [1.29, 1.82) is 0 Å². The summed E-state index contributed by atoms with van der Waals surface area (Å²) in [6.45, 7) is 5.22. The average Bonchev–Trinajstić information content (AvgIpc) is 2.87. The maximum atomic E-state index is 12.1. The molecule has 0 radical (unpaired) electrons. The van der Waals surface area contributed by atoms with E-state index in [1.165, 1.54) is 4.68 Å². The minimum Gasteiger partial charge on any atom is -0.467 e. The van der Waals surface area contributed by atoms with E-state index in [1.54, 1.807) is 12.5 Å². The number of nitrogens with zero attached hydrogens (tertiary/aromatic N) is 2. The SMILES string of the molecule is CC(C)Cn1ncc(NCc2ccco2)c(Br)c1=O. The van der Waals surface area contributed by atoms with Crippen molar-refractivity contribution in [2.24, 2.45) is 5.92 Å². The summed E-state index contributed by atoms with van der Waals surface area (Å²) in [7, 11) is 0. The number of rotatable bonds is 5. The van der Waals surface area contributed by atoms with Crippen LogP contribution < -0.4 is 10.9 Å². The van der Waals surface area contributed by atoms with Crippen LogP contribution in [0.15, 0.2) is 38.3 Å². The molecule has 102 valence electrons. The zero-order valence-corrected chi connectivity index (χ0v) is 12.5. The molecule has 0 spiro atoms. The number of hydrogen-bond acceptors (Lipinski definition) is 4. The molecule has 0 saturated heterocycles. The van der Waals surface area contributed by atoms with Crippen molar-refractivity contribution >= 4 is 21.6 Å². The van der Waals surface area contributed by atoms with Crippen molar-refractivity contribution in [2.75, 3.05) is 5.32 Å². The van der Waals surface area contributed by atoms with Gasteiger partial charge in [-0.25, -0.2) is 4.68 Å². The minimum atomic E-state index is -0.127. The Balaban J connectivity index is 2.14. The van der Waals surface area contributed by atoms with E-state index < -0.39 is 0 Å². The first-order chi connectivity index (χ1) is 9.08. The summed E-state index contributed by atoms with van der Waals surface area (Å²) in [5.74, 6) is 1.18. The normalized spacial score (nSPS) is 10.9. The molecule has 2 aromatic heterocycles. The lowest BCUT2D eigenvalue weighted by atomic mass is 10.2. The molecule has 2 rings (SSSR count). The number of halogens is 1. The standard InChI is InChI=1S/C13H16BrN3O2/c1-9(2)8-17-13(18)12(14)11(7-16-17)15-6-10-4-3-5-19-10/h3-5,7,9,15H,6,8H2,1-2H3. The molecule has 0 aliphatic rings. The largest absolute Gasteiger partial charge is 0.467 e. The van der Waals surface area contributed by atoms with Crippen molar-refractivity contribution in [3.63, 3.8) is 0 Å². The summed E-state index contributed by atoms with van der Waals surface area (Å²) in [6.07, 6.45) is 3.27. The molecular weight excluding hydrogens is 310 g/mol. The Kier molecular flexibility index (Phi) is 4.42. The predicted molar refractivity (Wildman–Crippen MR) is 77.1 cm³/mol. The molecule has 2 aromatic rings. The van der Waals surface area contributed by atoms with Crippen LogP contribution in [0.4, 0.5) is 5.69 Å². The van der Waals surface area contributed by atoms with Crippen LogP contribution in [-0.2, 0) is 13.1 Å². The van der Waals surface area contributed by atoms with Crippen LogP contribution in [0.3, 0.4) is 0 Å². The van der Waals surface area contributed by atoms with Crippen molar-refractivity contribution in [3.05, 3.63) is 45.2 Å². The second-order valence-electron chi connectivity index (χ2n) is 4.69. The monoisotopic (exact) mass is 325 g/mol. The lowest BCUT2D eigenvalue weighted by Gasteiger charge is -2.11. The summed E-state index contributed by atoms with van der Waals surface area (Å²) in [5, 5.41) is 7.28. The van der Waals surface area contributed by atoms with E-state index in [9.17, 15) is 4.79 Å². The molecule has 1 N–H and O–H groups in total. The van der Waals surface area contributed by atoms with E-state index in [2.05, 4.69) is 26.3 Å². The molecule has 5 nitrogen and oxygen atoms in total. The zero-order chi connectivity index (χ0) is 13.8. The van der Waals surface area contributed by atoms with Gasteiger partial charge in [-0.05, 0) is 34.0 Å². The van der Waals surface area contributed by atoms with E-state index in [-0.39, 0.29) is 5.56 Å². The maximum Gasteiger partial charge on any atom is 0.283 e. The summed E-state index contributed by atoms with van der Waals surface area (Å²) >= 11 is 3.32. The van der Waals surface area contributed by atoms with E-state index in [0.29, 0.717) is 29.2 Å². The Morgan fingerprint density at radius 2 is 2.32 bits per heavy atom. The second-order valence-corrected chi connectivity index (χ2v) is 5.48. The van der Waals surface area contributed by atoms with Crippen molar-refractivity contribution in [2.45, 2.75) is 26.9 Å². The van der Waals surface area contributed by atoms with Crippen LogP contribution in [0.2, 0.25) is 0 Å². The fourth-order valence-electron chi connectivity index (χ4n) is 1.66. The molecular formula is C13H16BrN3O2. The van der Waals surface area contributed by atoms with Gasteiger partial charge in [0.15, 0.2) is 0 Å². The first-order valence-corrected chi connectivity index (χ1v) is 6.89. The molecule has 0 saturated carbocycles. The van der Waals surface area contributed by atoms with Gasteiger partial charge in [0, 0.05) is 6.54 Å². The number of hydrogen-bond donors (Lipinski definition) is 1. The molecule has 6 heteroatoms. The lowest BCUT2D eigenvalue weighted by Crippen LogP contribution is -2.26. The predicted octanol–water partition coefficient (Wildman–Crippen LogP) is 2.87. The topological polar surface area (TPSA) is 60.1 Å². The summed E-state index contributed by atoms with van der Waals surface area (Å²) < 4.78 is 7.18. The minimum absolute atomic E-state index is 0.127. The number of furan rings is 1. The first kappa shape index (κ1) is 13.9. The van der Waals surface area contributed by atoms with Gasteiger partial charge < -0.3 is 9.73 Å². The van der Waals surface area contributed by atoms with Crippen LogP contribution in [0, 0.1) is 5.92 Å². The zero-order valence-electron chi connectivity index (χ0n) is 10.9. The third-order valence-electron chi connectivity index (χ3n) is 2.56. The highest BCUT2D eigenvalue weighted by Crippen LogP contribution is 2.17. The van der Waals surface area contributed by atoms with Gasteiger partial charge in [0.05, 0.1) is 24.7 Å². The van der Waals surface area contributed by atoms with Crippen LogP contribution in [0.5, 0.6) is 0 Å². The van der Waals surface area contributed by atoms with Crippen molar-refractivity contribution in [3.8, 4) is 0 Å². The second kappa shape index (κ2) is 6.06. The molecule has 19 heavy (non-hydrogen) atoms. The fraction of sp³-hybridized carbons (Fsp3) is 0.385.